The lowest BCUT2D eigenvalue weighted by Crippen LogP contribution is -2.24. The van der Waals surface area contributed by atoms with Gasteiger partial charge < -0.3 is 18.9 Å². The molecule has 2 aromatic carbocycles. The Kier molecular flexibility index (Phi) is 9.25. The van der Waals surface area contributed by atoms with Crippen LogP contribution in [-0.2, 0) is 27.3 Å². The van der Waals surface area contributed by atoms with Gasteiger partial charge in [-0.15, -0.1) is 6.58 Å². The van der Waals surface area contributed by atoms with E-state index in [1.165, 1.54) is 0 Å². The lowest BCUT2D eigenvalue weighted by Gasteiger charge is -2.21. The molecule has 156 valence electrons. The number of hydrogen-bond donors (Lipinski definition) is 0. The number of carbonyl (C=O) groups excluding carboxylic acids is 1. The van der Waals surface area contributed by atoms with E-state index in [1.54, 1.807) is 32.4 Å². The molecule has 2 aromatic rings. The highest BCUT2D eigenvalue weighted by Gasteiger charge is 2.17. The van der Waals surface area contributed by atoms with Gasteiger partial charge in [0.2, 0.25) is 0 Å². The second kappa shape index (κ2) is 11.9. The zero-order chi connectivity index (χ0) is 21.1. The molecule has 0 fully saturated rings. The maximum absolute atomic E-state index is 12.4. The molecule has 0 bridgehead atoms. The van der Waals surface area contributed by atoms with E-state index in [4.69, 9.17) is 18.9 Å². The van der Waals surface area contributed by atoms with Crippen LogP contribution in [0, 0.1) is 0 Å². The van der Waals surface area contributed by atoms with Gasteiger partial charge in [-0.05, 0) is 36.6 Å². The number of benzene rings is 2. The van der Waals surface area contributed by atoms with Gasteiger partial charge in [0.15, 0.2) is 0 Å². The molecule has 0 unspecified atom stereocenters. The third-order valence-electron chi connectivity index (χ3n) is 4.45. The van der Waals surface area contributed by atoms with Crippen molar-refractivity contribution in [2.45, 2.75) is 45.0 Å². The van der Waals surface area contributed by atoms with Crippen LogP contribution in [0.2, 0.25) is 0 Å². The van der Waals surface area contributed by atoms with E-state index < -0.39 is 0 Å². The smallest absolute Gasteiger partial charge is 0.310 e. The fourth-order valence-electron chi connectivity index (χ4n) is 3.03. The Balaban J connectivity index is 1.87. The van der Waals surface area contributed by atoms with Crippen LogP contribution in [0.5, 0.6) is 11.5 Å². The van der Waals surface area contributed by atoms with Crippen LogP contribution in [0.25, 0.3) is 0 Å². The van der Waals surface area contributed by atoms with Gasteiger partial charge in [-0.25, -0.2) is 0 Å². The number of carbonyl (C=O) groups is 1. The summed E-state index contributed by atoms with van der Waals surface area (Å²) in [4.78, 5) is 12.4. The van der Waals surface area contributed by atoms with Crippen molar-refractivity contribution in [3.8, 4) is 11.5 Å². The molecule has 0 aromatic heterocycles. The second-order valence-electron chi connectivity index (χ2n) is 6.88. The maximum atomic E-state index is 12.4. The molecule has 0 aliphatic carbocycles. The molecular weight excluding hydrogens is 368 g/mol. The molecule has 2 rings (SSSR count). The minimum absolute atomic E-state index is 0.0626. The first-order chi connectivity index (χ1) is 14.0. The van der Waals surface area contributed by atoms with Crippen LogP contribution < -0.4 is 9.47 Å². The van der Waals surface area contributed by atoms with Gasteiger partial charge in [0.05, 0.1) is 33.4 Å². The largest absolute Gasteiger partial charge is 0.497 e. The summed E-state index contributed by atoms with van der Waals surface area (Å²) in [5.41, 5.74) is 1.89. The first kappa shape index (κ1) is 22.5. The van der Waals surface area contributed by atoms with E-state index in [0.29, 0.717) is 30.9 Å². The van der Waals surface area contributed by atoms with Crippen LogP contribution in [-0.4, -0.2) is 32.4 Å². The average molecular weight is 398 g/mol. The summed E-state index contributed by atoms with van der Waals surface area (Å²) in [5.74, 6) is 0.981. The molecule has 0 saturated carbocycles. The predicted octanol–water partition coefficient (Wildman–Crippen LogP) is 4.73. The monoisotopic (exact) mass is 398 g/mol. The lowest BCUT2D eigenvalue weighted by molar-refractivity contribution is -0.149. The first-order valence-electron chi connectivity index (χ1n) is 9.72. The van der Waals surface area contributed by atoms with Crippen molar-refractivity contribution in [1.82, 2.24) is 0 Å². The van der Waals surface area contributed by atoms with Crippen LogP contribution in [0.4, 0.5) is 0 Å². The van der Waals surface area contributed by atoms with Crippen molar-refractivity contribution in [2.24, 2.45) is 0 Å². The summed E-state index contributed by atoms with van der Waals surface area (Å²) < 4.78 is 22.1. The van der Waals surface area contributed by atoms with Crippen molar-refractivity contribution in [3.05, 3.63) is 72.3 Å². The van der Waals surface area contributed by atoms with Crippen molar-refractivity contribution in [3.63, 3.8) is 0 Å². The van der Waals surface area contributed by atoms with E-state index in [0.717, 1.165) is 11.1 Å². The molecule has 0 saturated heterocycles. The molecule has 0 aliphatic rings. The first-order valence-corrected chi connectivity index (χ1v) is 9.72. The number of rotatable bonds is 12. The number of methoxy groups -OCH3 is 2. The maximum Gasteiger partial charge on any atom is 0.310 e. The highest BCUT2D eigenvalue weighted by molar-refractivity contribution is 5.73. The summed E-state index contributed by atoms with van der Waals surface area (Å²) in [6.45, 7) is 6.20. The highest BCUT2D eigenvalue weighted by atomic mass is 16.5. The summed E-state index contributed by atoms with van der Waals surface area (Å²) >= 11 is 0. The quantitative estimate of drug-likeness (QED) is 0.382. The lowest BCUT2D eigenvalue weighted by atomic mass is 10.1. The molecular formula is C24H30O5. The Morgan fingerprint density at radius 3 is 2.28 bits per heavy atom. The zero-order valence-electron chi connectivity index (χ0n) is 17.4. The molecule has 0 N–H and O–H groups in total. The molecule has 5 nitrogen and oxygen atoms in total. The van der Waals surface area contributed by atoms with Gasteiger partial charge in [-0.2, -0.15) is 0 Å². The van der Waals surface area contributed by atoms with Crippen molar-refractivity contribution in [1.29, 1.82) is 0 Å². The molecule has 0 heterocycles. The fraction of sp³-hybridized carbons (Fsp3) is 0.375. The molecule has 5 heteroatoms. The summed E-state index contributed by atoms with van der Waals surface area (Å²) in [6, 6.07) is 15.4. The Labute approximate surface area is 173 Å². The van der Waals surface area contributed by atoms with Crippen LogP contribution >= 0.6 is 0 Å². The van der Waals surface area contributed by atoms with Gasteiger partial charge in [-0.3, -0.25) is 4.79 Å². The van der Waals surface area contributed by atoms with E-state index in [-0.39, 0.29) is 24.6 Å². The van der Waals surface area contributed by atoms with Gasteiger partial charge in [0.1, 0.15) is 17.6 Å². The average Bonchev–Trinajstić information content (AvgIpc) is 2.72. The SMILES string of the molecule is C=CC[C@@H](C[C@@H](C)OC(=O)Cc1cc(OC)cc(OC)c1)OCc1ccccc1. The van der Waals surface area contributed by atoms with Crippen molar-refractivity contribution < 1.29 is 23.7 Å². The van der Waals surface area contributed by atoms with E-state index in [2.05, 4.69) is 6.58 Å². The van der Waals surface area contributed by atoms with Gasteiger partial charge in [0.25, 0.3) is 0 Å². The minimum Gasteiger partial charge on any atom is -0.497 e. The standard InChI is InChI=1S/C24H30O5/c1-5-9-21(28-17-19-10-7-6-8-11-19)12-18(2)29-24(25)15-20-13-22(26-3)16-23(14-20)27-4/h5-8,10-11,13-14,16,18,21H,1,9,12,15,17H2,2-4H3/t18-,21+/m1/s1. The van der Waals surface area contributed by atoms with Gasteiger partial charge in [-0.1, -0.05) is 36.4 Å². The Bertz CT molecular complexity index is 750. The minimum atomic E-state index is -0.298. The third kappa shape index (κ3) is 8.00. The van der Waals surface area contributed by atoms with Gasteiger partial charge >= 0.3 is 5.97 Å². The molecule has 0 radical (unpaired) electrons. The second-order valence-corrected chi connectivity index (χ2v) is 6.88. The van der Waals surface area contributed by atoms with E-state index in [9.17, 15) is 4.79 Å². The topological polar surface area (TPSA) is 54.0 Å². The van der Waals surface area contributed by atoms with E-state index >= 15 is 0 Å². The normalized spacial score (nSPS) is 12.7. The summed E-state index contributed by atoms with van der Waals surface area (Å²) in [7, 11) is 3.16. The predicted molar refractivity (Wildman–Crippen MR) is 113 cm³/mol. The molecule has 0 aliphatic heterocycles. The Morgan fingerprint density at radius 2 is 1.69 bits per heavy atom. The fourth-order valence-corrected chi connectivity index (χ4v) is 3.03. The molecule has 2 atom stereocenters. The van der Waals surface area contributed by atoms with Crippen molar-refractivity contribution in [2.75, 3.05) is 14.2 Å². The highest BCUT2D eigenvalue weighted by Crippen LogP contribution is 2.23. The number of ether oxygens (including phenoxy) is 4. The molecule has 0 spiro atoms. The summed E-state index contributed by atoms with van der Waals surface area (Å²) in [6.07, 6.45) is 2.94. The van der Waals surface area contributed by atoms with Crippen LogP contribution in [0.15, 0.2) is 61.2 Å². The number of hydrogen-bond acceptors (Lipinski definition) is 5. The molecule has 29 heavy (non-hydrogen) atoms. The van der Waals surface area contributed by atoms with Crippen molar-refractivity contribution >= 4 is 5.97 Å². The third-order valence-corrected chi connectivity index (χ3v) is 4.45. The van der Waals surface area contributed by atoms with Crippen LogP contribution in [0.1, 0.15) is 30.9 Å². The molecule has 0 amide bonds. The van der Waals surface area contributed by atoms with E-state index in [1.807, 2.05) is 43.3 Å². The Hall–Kier alpha value is -2.79. The van der Waals surface area contributed by atoms with Gasteiger partial charge in [0, 0.05) is 12.5 Å². The van der Waals surface area contributed by atoms with Crippen LogP contribution in [0.3, 0.4) is 0 Å². The summed E-state index contributed by atoms with van der Waals surface area (Å²) in [5, 5.41) is 0. The zero-order valence-corrected chi connectivity index (χ0v) is 17.4. The number of esters is 1. The Morgan fingerprint density at radius 1 is 1.03 bits per heavy atom.